The van der Waals surface area contributed by atoms with Gasteiger partial charge in [0.1, 0.15) is 5.69 Å². The fourth-order valence-corrected chi connectivity index (χ4v) is 2.33. The third-order valence-electron chi connectivity index (χ3n) is 3.27. The molecule has 0 spiro atoms. The minimum atomic E-state index is -0.431. The van der Waals surface area contributed by atoms with Gasteiger partial charge in [0.15, 0.2) is 5.69 Å². The predicted molar refractivity (Wildman–Crippen MR) is 69.9 cm³/mol. The first kappa shape index (κ1) is 12.4. The van der Waals surface area contributed by atoms with Crippen molar-refractivity contribution in [2.45, 2.75) is 38.1 Å². The Labute approximate surface area is 106 Å². The van der Waals surface area contributed by atoms with Gasteiger partial charge in [-0.05, 0) is 18.9 Å². The fraction of sp³-hybridized carbons (Fsp3) is 0.462. The summed E-state index contributed by atoms with van der Waals surface area (Å²) in [5, 5.41) is 14.2. The van der Waals surface area contributed by atoms with E-state index in [2.05, 4.69) is 10.2 Å². The number of hydrogen-bond donors (Lipinski definition) is 1. The summed E-state index contributed by atoms with van der Waals surface area (Å²) < 4.78 is 0. The zero-order chi connectivity index (χ0) is 13.0. The van der Waals surface area contributed by atoms with Crippen molar-refractivity contribution < 1.29 is 4.92 Å². The molecule has 0 radical (unpaired) electrons. The van der Waals surface area contributed by atoms with Crippen LogP contribution in [0.25, 0.3) is 4.85 Å². The summed E-state index contributed by atoms with van der Waals surface area (Å²) in [6.07, 6.45) is 5.71. The lowest BCUT2D eigenvalue weighted by Crippen LogP contribution is -2.22. The summed E-state index contributed by atoms with van der Waals surface area (Å²) in [4.78, 5) is 13.8. The molecule has 1 fully saturated rings. The lowest BCUT2D eigenvalue weighted by molar-refractivity contribution is -0.383. The van der Waals surface area contributed by atoms with Crippen LogP contribution < -0.4 is 5.32 Å². The highest BCUT2D eigenvalue weighted by molar-refractivity contribution is 5.68. The van der Waals surface area contributed by atoms with Crippen LogP contribution in [0.15, 0.2) is 18.2 Å². The molecule has 18 heavy (non-hydrogen) atoms. The third-order valence-corrected chi connectivity index (χ3v) is 3.27. The van der Waals surface area contributed by atoms with Crippen LogP contribution in [0.1, 0.15) is 32.1 Å². The first-order valence-electron chi connectivity index (χ1n) is 6.13. The van der Waals surface area contributed by atoms with E-state index in [0.29, 0.717) is 17.4 Å². The van der Waals surface area contributed by atoms with E-state index in [1.165, 1.54) is 25.3 Å². The maximum Gasteiger partial charge on any atom is 0.282 e. The topological polar surface area (TPSA) is 59.5 Å². The minimum absolute atomic E-state index is 0.00549. The Morgan fingerprint density at radius 2 is 2.06 bits per heavy atom. The Morgan fingerprint density at radius 3 is 2.67 bits per heavy atom. The van der Waals surface area contributed by atoms with Gasteiger partial charge in [-0.2, -0.15) is 0 Å². The second kappa shape index (κ2) is 5.50. The number of hydrogen-bond acceptors (Lipinski definition) is 3. The molecule has 1 aliphatic carbocycles. The summed E-state index contributed by atoms with van der Waals surface area (Å²) in [7, 11) is 0. The molecule has 1 saturated carbocycles. The number of nitrogens with one attached hydrogen (secondary N) is 1. The van der Waals surface area contributed by atoms with E-state index in [1.54, 1.807) is 12.1 Å². The van der Waals surface area contributed by atoms with Gasteiger partial charge < -0.3 is 5.32 Å². The largest absolute Gasteiger partial charge is 0.377 e. The Balaban J connectivity index is 2.21. The van der Waals surface area contributed by atoms with Crippen LogP contribution in [0.3, 0.4) is 0 Å². The molecule has 0 atom stereocenters. The summed E-state index contributed by atoms with van der Waals surface area (Å²) in [5.41, 5.74) is 0.823. The number of nitrogens with zero attached hydrogens (tertiary/aromatic N) is 2. The van der Waals surface area contributed by atoms with Gasteiger partial charge >= 0.3 is 0 Å². The molecule has 0 aliphatic heterocycles. The molecule has 94 valence electrons. The molecular weight excluding hydrogens is 230 g/mol. The molecule has 0 aromatic heterocycles. The number of benzene rings is 1. The average molecular weight is 245 g/mol. The standard InChI is InChI=1S/C13H15N3O2/c1-14-11-7-8-12(13(9-11)16(17)18)15-10-5-3-2-4-6-10/h7-10,15H,2-6H2. The second-order valence-corrected chi connectivity index (χ2v) is 4.55. The highest BCUT2D eigenvalue weighted by Crippen LogP contribution is 2.31. The van der Waals surface area contributed by atoms with Crippen LogP contribution in [-0.4, -0.2) is 11.0 Å². The lowest BCUT2D eigenvalue weighted by Gasteiger charge is -2.23. The van der Waals surface area contributed by atoms with E-state index in [0.717, 1.165) is 12.8 Å². The van der Waals surface area contributed by atoms with E-state index < -0.39 is 4.92 Å². The SMILES string of the molecule is [C-]#[N+]c1ccc(NC2CCCCC2)c([N+](=O)[O-])c1. The van der Waals surface area contributed by atoms with Gasteiger partial charge in [0.05, 0.1) is 11.5 Å². The molecule has 1 aliphatic rings. The molecule has 2 rings (SSSR count). The monoisotopic (exact) mass is 245 g/mol. The van der Waals surface area contributed by atoms with Crippen molar-refractivity contribution in [2.24, 2.45) is 0 Å². The number of nitro benzene ring substituents is 1. The van der Waals surface area contributed by atoms with E-state index >= 15 is 0 Å². The van der Waals surface area contributed by atoms with Crippen molar-refractivity contribution in [1.29, 1.82) is 0 Å². The quantitative estimate of drug-likeness (QED) is 0.499. The summed E-state index contributed by atoms with van der Waals surface area (Å²) >= 11 is 0. The molecule has 5 heteroatoms. The number of anilines is 1. The van der Waals surface area contributed by atoms with Crippen LogP contribution in [0.4, 0.5) is 17.1 Å². The molecule has 0 saturated heterocycles. The van der Waals surface area contributed by atoms with Crippen molar-refractivity contribution in [3.8, 4) is 0 Å². The maximum atomic E-state index is 11.0. The van der Waals surface area contributed by atoms with Gasteiger partial charge in [0.2, 0.25) is 0 Å². The Hall–Kier alpha value is -2.09. The van der Waals surface area contributed by atoms with E-state index in [-0.39, 0.29) is 5.69 Å². The van der Waals surface area contributed by atoms with Gasteiger partial charge in [-0.15, -0.1) is 0 Å². The van der Waals surface area contributed by atoms with Crippen LogP contribution in [0, 0.1) is 16.7 Å². The van der Waals surface area contributed by atoms with Crippen LogP contribution in [0.5, 0.6) is 0 Å². The van der Waals surface area contributed by atoms with Crippen molar-refractivity contribution in [3.05, 3.63) is 39.7 Å². The molecule has 0 bridgehead atoms. The molecule has 0 unspecified atom stereocenters. The fourth-order valence-electron chi connectivity index (χ4n) is 2.33. The van der Waals surface area contributed by atoms with Crippen LogP contribution >= 0.6 is 0 Å². The van der Waals surface area contributed by atoms with Crippen molar-refractivity contribution >= 4 is 17.1 Å². The van der Waals surface area contributed by atoms with Gasteiger partial charge in [0.25, 0.3) is 5.69 Å². The Morgan fingerprint density at radius 1 is 1.33 bits per heavy atom. The van der Waals surface area contributed by atoms with Crippen molar-refractivity contribution in [1.82, 2.24) is 0 Å². The van der Waals surface area contributed by atoms with Gasteiger partial charge in [-0.25, -0.2) is 4.85 Å². The zero-order valence-electron chi connectivity index (χ0n) is 10.1. The highest BCUT2D eigenvalue weighted by Gasteiger charge is 2.19. The smallest absolute Gasteiger partial charge is 0.282 e. The summed E-state index contributed by atoms with van der Waals surface area (Å²) in [6, 6.07) is 4.90. The molecule has 1 aromatic carbocycles. The lowest BCUT2D eigenvalue weighted by atomic mass is 9.95. The number of rotatable bonds is 3. The molecule has 1 N–H and O–H groups in total. The predicted octanol–water partition coefficient (Wildman–Crippen LogP) is 3.89. The molecule has 5 nitrogen and oxygen atoms in total. The molecule has 1 aromatic rings. The average Bonchev–Trinajstić information content (AvgIpc) is 2.40. The molecule has 0 heterocycles. The van der Waals surface area contributed by atoms with Gasteiger partial charge in [0, 0.05) is 12.1 Å². The summed E-state index contributed by atoms with van der Waals surface area (Å²) in [6.45, 7) is 6.89. The minimum Gasteiger partial charge on any atom is -0.377 e. The zero-order valence-corrected chi connectivity index (χ0v) is 10.1. The second-order valence-electron chi connectivity index (χ2n) is 4.55. The van der Waals surface area contributed by atoms with Gasteiger partial charge in [-0.3, -0.25) is 10.1 Å². The van der Waals surface area contributed by atoms with E-state index in [9.17, 15) is 10.1 Å². The third kappa shape index (κ3) is 2.77. The molecular formula is C13H15N3O2. The van der Waals surface area contributed by atoms with Crippen LogP contribution in [0.2, 0.25) is 0 Å². The highest BCUT2D eigenvalue weighted by atomic mass is 16.6. The Kier molecular flexibility index (Phi) is 3.78. The van der Waals surface area contributed by atoms with E-state index in [4.69, 9.17) is 6.57 Å². The summed E-state index contributed by atoms with van der Waals surface area (Å²) in [5.74, 6) is 0. The first-order valence-corrected chi connectivity index (χ1v) is 6.13. The Bertz CT molecular complexity index is 487. The van der Waals surface area contributed by atoms with Crippen molar-refractivity contribution in [3.63, 3.8) is 0 Å². The number of nitro groups is 1. The van der Waals surface area contributed by atoms with E-state index in [1.807, 2.05) is 0 Å². The maximum absolute atomic E-state index is 11.0. The normalized spacial score (nSPS) is 15.9. The molecule has 0 amide bonds. The van der Waals surface area contributed by atoms with Crippen LogP contribution in [-0.2, 0) is 0 Å². The first-order chi connectivity index (χ1) is 8.70. The van der Waals surface area contributed by atoms with Crippen molar-refractivity contribution in [2.75, 3.05) is 5.32 Å². The van der Waals surface area contributed by atoms with Gasteiger partial charge in [-0.1, -0.05) is 25.3 Å².